The molecule has 0 fully saturated rings. The van der Waals surface area contributed by atoms with Crippen molar-refractivity contribution < 1.29 is 38.1 Å². The molecule has 0 N–H and O–H groups in total. The van der Waals surface area contributed by atoms with Gasteiger partial charge in [-0.1, -0.05) is 24.3 Å². The predicted octanol–water partition coefficient (Wildman–Crippen LogP) is 3.30. The van der Waals surface area contributed by atoms with Gasteiger partial charge >= 0.3 is 23.9 Å². The lowest BCUT2D eigenvalue weighted by Crippen LogP contribution is -2.13. The van der Waals surface area contributed by atoms with Crippen molar-refractivity contribution in [3.05, 3.63) is 70.8 Å². The van der Waals surface area contributed by atoms with Crippen molar-refractivity contribution in [2.24, 2.45) is 0 Å². The minimum atomic E-state index is -0.550. The van der Waals surface area contributed by atoms with Gasteiger partial charge < -0.3 is 18.9 Å². The molecule has 0 unspecified atom stereocenters. The summed E-state index contributed by atoms with van der Waals surface area (Å²) in [5.74, 6) is -2.12. The smallest absolute Gasteiger partial charge is 0.338 e. The summed E-state index contributed by atoms with van der Waals surface area (Å²) in [6, 6.07) is 12.8. The fourth-order valence-corrected chi connectivity index (χ4v) is 2.32. The number of hydrogen-bond donors (Lipinski definition) is 0. The Morgan fingerprint density at radius 3 is 1.07 bits per heavy atom. The average molecular weight is 416 g/mol. The van der Waals surface area contributed by atoms with Crippen molar-refractivity contribution in [1.29, 1.82) is 0 Å². The highest BCUT2D eigenvalue weighted by Gasteiger charge is 2.18. The highest BCUT2D eigenvalue weighted by Crippen LogP contribution is 2.12. The van der Waals surface area contributed by atoms with E-state index in [9.17, 15) is 19.2 Å². The maximum absolute atomic E-state index is 11.5. The molecule has 0 saturated carbocycles. The first-order valence-electron chi connectivity index (χ1n) is 9.10. The average Bonchev–Trinajstić information content (AvgIpc) is 2.78. The van der Waals surface area contributed by atoms with Crippen molar-refractivity contribution in [1.82, 2.24) is 0 Å². The Bertz CT molecular complexity index is 816. The third kappa shape index (κ3) is 6.73. The molecule has 0 aromatic heterocycles. The summed E-state index contributed by atoms with van der Waals surface area (Å²) in [6.45, 7) is 3.97. The third-order valence-corrected chi connectivity index (χ3v) is 3.66. The molecule has 8 nitrogen and oxygen atoms in total. The van der Waals surface area contributed by atoms with Crippen LogP contribution in [-0.4, -0.2) is 51.3 Å². The molecule has 0 aliphatic rings. The van der Waals surface area contributed by atoms with Crippen molar-refractivity contribution in [2.45, 2.75) is 13.8 Å². The second-order valence-electron chi connectivity index (χ2n) is 5.52. The molecule has 2 aromatic carbocycles. The Balaban J connectivity index is 0.000000303. The van der Waals surface area contributed by atoms with Crippen LogP contribution < -0.4 is 0 Å². The van der Waals surface area contributed by atoms with Crippen LogP contribution in [0.5, 0.6) is 0 Å². The van der Waals surface area contributed by atoms with Gasteiger partial charge in [-0.05, 0) is 38.1 Å². The number of rotatable bonds is 6. The number of methoxy groups -OCH3 is 2. The molecule has 0 radical (unpaired) electrons. The van der Waals surface area contributed by atoms with Gasteiger partial charge in [-0.3, -0.25) is 0 Å². The van der Waals surface area contributed by atoms with Crippen LogP contribution in [0.25, 0.3) is 0 Å². The van der Waals surface area contributed by atoms with E-state index in [-0.39, 0.29) is 35.5 Å². The lowest BCUT2D eigenvalue weighted by molar-refractivity contribution is 0.0479. The maximum Gasteiger partial charge on any atom is 0.338 e. The van der Waals surface area contributed by atoms with Gasteiger partial charge in [0.1, 0.15) is 0 Å². The summed E-state index contributed by atoms with van der Waals surface area (Å²) in [7, 11) is 2.52. The van der Waals surface area contributed by atoms with Crippen molar-refractivity contribution in [2.75, 3.05) is 27.4 Å². The van der Waals surface area contributed by atoms with E-state index in [1.807, 2.05) is 0 Å². The monoisotopic (exact) mass is 416 g/mol. The van der Waals surface area contributed by atoms with Crippen molar-refractivity contribution >= 4 is 23.9 Å². The van der Waals surface area contributed by atoms with E-state index in [4.69, 9.17) is 9.47 Å². The van der Waals surface area contributed by atoms with Crippen LogP contribution in [0.2, 0.25) is 0 Å². The van der Waals surface area contributed by atoms with Crippen LogP contribution >= 0.6 is 0 Å². The van der Waals surface area contributed by atoms with Crippen LogP contribution in [0.3, 0.4) is 0 Å². The fraction of sp³-hybridized carbons (Fsp3) is 0.273. The van der Waals surface area contributed by atoms with Crippen LogP contribution in [-0.2, 0) is 18.9 Å². The summed E-state index contributed by atoms with van der Waals surface area (Å²) in [5.41, 5.74) is 0.898. The zero-order chi connectivity index (χ0) is 22.5. The highest BCUT2D eigenvalue weighted by atomic mass is 16.5. The first-order valence-corrected chi connectivity index (χ1v) is 9.10. The summed E-state index contributed by atoms with van der Waals surface area (Å²) in [6.07, 6.45) is 0. The fourth-order valence-electron chi connectivity index (χ4n) is 2.32. The summed E-state index contributed by atoms with van der Waals surface area (Å²) in [5, 5.41) is 0. The van der Waals surface area contributed by atoms with E-state index >= 15 is 0 Å². The standard InChI is InChI=1S/C12H14O4.C10H10O4/c1-3-15-11(13)9-7-5-6-8-10(9)12(14)16-4-2;1-13-9(11)7-5-3-4-6-8(7)10(12)14-2/h5-8H,3-4H2,1-2H3;3-6H,1-2H3. The molecule has 2 aromatic rings. The molecule has 160 valence electrons. The van der Waals surface area contributed by atoms with Crippen molar-refractivity contribution in [3.63, 3.8) is 0 Å². The van der Waals surface area contributed by atoms with E-state index in [1.54, 1.807) is 50.2 Å². The van der Waals surface area contributed by atoms with Gasteiger partial charge in [0.15, 0.2) is 0 Å². The van der Waals surface area contributed by atoms with Gasteiger partial charge in [-0.15, -0.1) is 0 Å². The summed E-state index contributed by atoms with van der Waals surface area (Å²) < 4.78 is 18.8. The highest BCUT2D eigenvalue weighted by molar-refractivity contribution is 6.03. The SMILES string of the molecule is CCOC(=O)c1ccccc1C(=O)OCC.COC(=O)c1ccccc1C(=O)OC. The second kappa shape index (κ2) is 12.7. The normalized spacial score (nSPS) is 9.47. The Hall–Kier alpha value is -3.68. The molecule has 0 heterocycles. The van der Waals surface area contributed by atoms with E-state index in [2.05, 4.69) is 9.47 Å². The molecule has 2 rings (SSSR count). The van der Waals surface area contributed by atoms with Gasteiger partial charge in [-0.2, -0.15) is 0 Å². The Kier molecular flexibility index (Phi) is 10.3. The van der Waals surface area contributed by atoms with Gasteiger partial charge in [0.2, 0.25) is 0 Å². The third-order valence-electron chi connectivity index (χ3n) is 3.66. The summed E-state index contributed by atoms with van der Waals surface area (Å²) in [4.78, 5) is 45.5. The van der Waals surface area contributed by atoms with Gasteiger partial charge in [-0.25, -0.2) is 19.2 Å². The number of benzene rings is 2. The molecule has 0 aliphatic carbocycles. The van der Waals surface area contributed by atoms with Gasteiger partial charge in [0.25, 0.3) is 0 Å². The van der Waals surface area contributed by atoms with E-state index in [0.29, 0.717) is 0 Å². The number of esters is 4. The number of carbonyl (C=O) groups is 4. The lowest BCUT2D eigenvalue weighted by Gasteiger charge is -2.07. The van der Waals surface area contributed by atoms with Crippen LogP contribution in [0.15, 0.2) is 48.5 Å². The molecule has 8 heteroatoms. The molecule has 0 spiro atoms. The Morgan fingerprint density at radius 1 is 0.567 bits per heavy atom. The number of hydrogen-bond acceptors (Lipinski definition) is 8. The second-order valence-corrected chi connectivity index (χ2v) is 5.52. The van der Waals surface area contributed by atoms with Crippen LogP contribution in [0.4, 0.5) is 0 Å². The number of ether oxygens (including phenoxy) is 4. The zero-order valence-electron chi connectivity index (χ0n) is 17.3. The molecule has 0 saturated heterocycles. The largest absolute Gasteiger partial charge is 0.465 e. The molecule has 0 aliphatic heterocycles. The van der Waals surface area contributed by atoms with Gasteiger partial charge in [0.05, 0.1) is 49.7 Å². The maximum atomic E-state index is 11.5. The van der Waals surface area contributed by atoms with E-state index < -0.39 is 23.9 Å². The Morgan fingerprint density at radius 2 is 0.833 bits per heavy atom. The van der Waals surface area contributed by atoms with Gasteiger partial charge in [0, 0.05) is 0 Å². The minimum Gasteiger partial charge on any atom is -0.465 e. The number of carbonyl (C=O) groups excluding carboxylic acids is 4. The zero-order valence-corrected chi connectivity index (χ0v) is 17.3. The van der Waals surface area contributed by atoms with Crippen LogP contribution in [0.1, 0.15) is 55.3 Å². The molecular weight excluding hydrogens is 392 g/mol. The summed E-state index contributed by atoms with van der Waals surface area (Å²) >= 11 is 0. The molecular formula is C22H24O8. The predicted molar refractivity (Wildman–Crippen MR) is 107 cm³/mol. The first-order chi connectivity index (χ1) is 14.4. The minimum absolute atomic E-state index is 0.210. The molecule has 0 bridgehead atoms. The van der Waals surface area contributed by atoms with Crippen LogP contribution in [0, 0.1) is 0 Å². The van der Waals surface area contributed by atoms with E-state index in [1.165, 1.54) is 26.4 Å². The lowest BCUT2D eigenvalue weighted by atomic mass is 10.1. The van der Waals surface area contributed by atoms with E-state index in [0.717, 1.165) is 0 Å². The Labute approximate surface area is 174 Å². The first kappa shape index (κ1) is 24.4. The molecule has 30 heavy (non-hydrogen) atoms. The molecule has 0 amide bonds. The topological polar surface area (TPSA) is 105 Å². The molecule has 0 atom stereocenters. The van der Waals surface area contributed by atoms with Crippen molar-refractivity contribution in [3.8, 4) is 0 Å². The quantitative estimate of drug-likeness (QED) is 0.522.